The van der Waals surface area contributed by atoms with Crippen LogP contribution in [0.5, 0.6) is 0 Å². The summed E-state index contributed by atoms with van der Waals surface area (Å²) in [6.07, 6.45) is 1.49. The molecule has 2 atom stereocenters. The van der Waals surface area contributed by atoms with Gasteiger partial charge in [-0.25, -0.2) is 8.42 Å². The van der Waals surface area contributed by atoms with Gasteiger partial charge >= 0.3 is 0 Å². The minimum Gasteiger partial charge on any atom is -0.350 e. The Kier molecular flexibility index (Phi) is 3.87. The number of nitrogens with one attached hydrogen (secondary N) is 2. The van der Waals surface area contributed by atoms with Gasteiger partial charge in [-0.3, -0.25) is 9.89 Å². The molecule has 1 heterocycles. The molecule has 1 aromatic heterocycles. The number of H-pyrrole nitrogens is 1. The van der Waals surface area contributed by atoms with Crippen LogP contribution >= 0.6 is 10.7 Å². The highest BCUT2D eigenvalue weighted by Crippen LogP contribution is 2.36. The van der Waals surface area contributed by atoms with Gasteiger partial charge in [0.2, 0.25) is 0 Å². The SMILES string of the molecule is CCc1[nH]nc(C(=O)NCC2CC2C)c1S(=O)(=O)Cl. The maximum Gasteiger partial charge on any atom is 0.273 e. The Bertz CT molecular complexity index is 596. The molecule has 0 radical (unpaired) electrons. The zero-order valence-corrected chi connectivity index (χ0v) is 12.3. The molecule has 0 aromatic carbocycles. The molecule has 6 nitrogen and oxygen atoms in total. The number of hydrogen-bond donors (Lipinski definition) is 2. The van der Waals surface area contributed by atoms with Crippen LogP contribution in [0, 0.1) is 11.8 Å². The Morgan fingerprint density at radius 2 is 2.21 bits per heavy atom. The van der Waals surface area contributed by atoms with Crippen LogP contribution in [0.1, 0.15) is 36.5 Å². The summed E-state index contributed by atoms with van der Waals surface area (Å²) in [4.78, 5) is 11.8. The third-order valence-corrected chi connectivity index (χ3v) is 4.80. The second-order valence-corrected chi connectivity index (χ2v) is 7.36. The van der Waals surface area contributed by atoms with E-state index in [-0.39, 0.29) is 10.6 Å². The van der Waals surface area contributed by atoms with Crippen LogP contribution in [0.25, 0.3) is 0 Å². The maximum absolute atomic E-state index is 12.0. The summed E-state index contributed by atoms with van der Waals surface area (Å²) in [5.74, 6) is 0.584. The summed E-state index contributed by atoms with van der Waals surface area (Å²) in [5.41, 5.74) is 0.195. The molecule has 2 unspecified atom stereocenters. The standard InChI is InChI=1S/C11H16ClN3O3S/c1-3-8-10(19(12,17)18)9(15-14-8)11(16)13-5-7-4-6(7)2/h6-7H,3-5H2,1-2H3,(H,13,16)(H,14,15). The van der Waals surface area contributed by atoms with Crippen LogP contribution in [-0.2, 0) is 15.5 Å². The second kappa shape index (κ2) is 5.13. The van der Waals surface area contributed by atoms with Crippen LogP contribution in [0.3, 0.4) is 0 Å². The molecule has 106 valence electrons. The Balaban J connectivity index is 2.19. The average molecular weight is 306 g/mol. The van der Waals surface area contributed by atoms with Gasteiger partial charge in [-0.15, -0.1) is 0 Å². The van der Waals surface area contributed by atoms with Crippen molar-refractivity contribution in [2.45, 2.75) is 31.6 Å². The third kappa shape index (κ3) is 3.09. The molecule has 0 saturated heterocycles. The lowest BCUT2D eigenvalue weighted by Gasteiger charge is -2.03. The van der Waals surface area contributed by atoms with Crippen molar-refractivity contribution >= 4 is 25.6 Å². The Labute approximate surface area is 116 Å². The van der Waals surface area contributed by atoms with E-state index >= 15 is 0 Å². The first-order valence-electron chi connectivity index (χ1n) is 6.14. The van der Waals surface area contributed by atoms with Crippen molar-refractivity contribution in [1.29, 1.82) is 0 Å². The van der Waals surface area contributed by atoms with Gasteiger partial charge in [0.1, 0.15) is 4.90 Å². The highest BCUT2D eigenvalue weighted by Gasteiger charge is 2.34. The molecule has 2 N–H and O–H groups in total. The van der Waals surface area contributed by atoms with Crippen LogP contribution in [0.2, 0.25) is 0 Å². The Morgan fingerprint density at radius 3 is 2.68 bits per heavy atom. The van der Waals surface area contributed by atoms with Gasteiger partial charge < -0.3 is 5.32 Å². The van der Waals surface area contributed by atoms with Crippen molar-refractivity contribution < 1.29 is 13.2 Å². The van der Waals surface area contributed by atoms with Crippen molar-refractivity contribution in [1.82, 2.24) is 15.5 Å². The fourth-order valence-corrected chi connectivity index (χ4v) is 3.37. The van der Waals surface area contributed by atoms with Gasteiger partial charge in [-0.1, -0.05) is 13.8 Å². The van der Waals surface area contributed by atoms with Crippen LogP contribution < -0.4 is 5.32 Å². The molecule has 1 aliphatic rings. The fourth-order valence-electron chi connectivity index (χ4n) is 2.01. The van der Waals surface area contributed by atoms with E-state index in [9.17, 15) is 13.2 Å². The number of aromatic amines is 1. The van der Waals surface area contributed by atoms with Crippen LogP contribution in [-0.4, -0.2) is 31.1 Å². The first kappa shape index (κ1) is 14.3. The highest BCUT2D eigenvalue weighted by molar-refractivity contribution is 8.13. The summed E-state index contributed by atoms with van der Waals surface area (Å²) in [7, 11) is 1.37. The van der Waals surface area contributed by atoms with Gasteiger partial charge in [0.05, 0.1) is 5.69 Å². The van der Waals surface area contributed by atoms with Gasteiger partial charge in [0.25, 0.3) is 15.0 Å². The molecular weight excluding hydrogens is 290 g/mol. The van der Waals surface area contributed by atoms with Crippen LogP contribution in [0.4, 0.5) is 0 Å². The Hall–Kier alpha value is -1.08. The topological polar surface area (TPSA) is 91.9 Å². The predicted molar refractivity (Wildman–Crippen MR) is 70.6 cm³/mol. The molecule has 8 heteroatoms. The smallest absolute Gasteiger partial charge is 0.273 e. The fraction of sp³-hybridized carbons (Fsp3) is 0.636. The van der Waals surface area contributed by atoms with Crippen molar-refractivity contribution in [3.05, 3.63) is 11.4 Å². The largest absolute Gasteiger partial charge is 0.350 e. The summed E-state index contributed by atoms with van der Waals surface area (Å²) in [6, 6.07) is 0. The predicted octanol–water partition coefficient (Wildman–Crippen LogP) is 1.29. The van der Waals surface area contributed by atoms with Crippen molar-refractivity contribution in [3.8, 4) is 0 Å². The van der Waals surface area contributed by atoms with E-state index in [2.05, 4.69) is 22.4 Å². The maximum atomic E-state index is 12.0. The second-order valence-electron chi connectivity index (χ2n) is 4.85. The van der Waals surface area contributed by atoms with E-state index in [1.54, 1.807) is 6.92 Å². The number of carbonyl (C=O) groups is 1. The summed E-state index contributed by atoms with van der Waals surface area (Å²) >= 11 is 0. The zero-order chi connectivity index (χ0) is 14.2. The van der Waals surface area contributed by atoms with E-state index in [1.807, 2.05) is 0 Å². The number of hydrogen-bond acceptors (Lipinski definition) is 4. The first-order valence-corrected chi connectivity index (χ1v) is 8.45. The zero-order valence-electron chi connectivity index (χ0n) is 10.7. The lowest BCUT2D eigenvalue weighted by Crippen LogP contribution is -2.27. The Morgan fingerprint density at radius 1 is 1.58 bits per heavy atom. The van der Waals surface area contributed by atoms with Crippen LogP contribution in [0.15, 0.2) is 4.90 Å². The monoisotopic (exact) mass is 305 g/mol. The molecule has 1 saturated carbocycles. The number of nitrogens with zero attached hydrogens (tertiary/aromatic N) is 1. The van der Waals surface area contributed by atoms with Gasteiger partial charge in [-0.05, 0) is 24.7 Å². The molecular formula is C11H16ClN3O3S. The normalized spacial score (nSPS) is 22.3. The van der Waals surface area contributed by atoms with Crippen molar-refractivity contribution in [2.75, 3.05) is 6.54 Å². The van der Waals surface area contributed by atoms with Crippen molar-refractivity contribution in [2.24, 2.45) is 11.8 Å². The average Bonchev–Trinajstić information content (AvgIpc) is 2.87. The summed E-state index contributed by atoms with van der Waals surface area (Å²) in [6.45, 7) is 4.40. The number of carbonyl (C=O) groups excluding carboxylic acids is 1. The number of amides is 1. The van der Waals surface area contributed by atoms with E-state index < -0.39 is 15.0 Å². The molecule has 0 spiro atoms. The molecule has 1 amide bonds. The molecule has 1 fully saturated rings. The minimum atomic E-state index is -3.99. The highest BCUT2D eigenvalue weighted by atomic mass is 35.7. The molecule has 2 rings (SSSR count). The van der Waals surface area contributed by atoms with Gasteiger partial charge in [0.15, 0.2) is 5.69 Å². The number of aromatic nitrogens is 2. The van der Waals surface area contributed by atoms with E-state index in [1.165, 1.54) is 0 Å². The minimum absolute atomic E-state index is 0.153. The van der Waals surface area contributed by atoms with E-state index in [0.717, 1.165) is 6.42 Å². The molecule has 0 bridgehead atoms. The van der Waals surface area contributed by atoms with Gasteiger partial charge in [-0.2, -0.15) is 5.10 Å². The number of aryl methyl sites for hydroxylation is 1. The van der Waals surface area contributed by atoms with E-state index in [0.29, 0.717) is 30.5 Å². The van der Waals surface area contributed by atoms with E-state index in [4.69, 9.17) is 10.7 Å². The number of halogens is 1. The lowest BCUT2D eigenvalue weighted by atomic mass is 10.3. The molecule has 0 aliphatic heterocycles. The molecule has 1 aliphatic carbocycles. The van der Waals surface area contributed by atoms with Gasteiger partial charge in [0, 0.05) is 17.2 Å². The third-order valence-electron chi connectivity index (χ3n) is 3.41. The summed E-state index contributed by atoms with van der Waals surface area (Å²) < 4.78 is 23.1. The molecule has 1 aromatic rings. The summed E-state index contributed by atoms with van der Waals surface area (Å²) in [5, 5.41) is 9.02. The van der Waals surface area contributed by atoms with Crippen molar-refractivity contribution in [3.63, 3.8) is 0 Å². The molecule has 19 heavy (non-hydrogen) atoms. The lowest BCUT2D eigenvalue weighted by molar-refractivity contribution is 0.0943. The quantitative estimate of drug-likeness (QED) is 0.802. The first-order chi connectivity index (χ1) is 8.84. The number of rotatable bonds is 5.